The van der Waals surface area contributed by atoms with Crippen molar-refractivity contribution < 1.29 is 4.39 Å². The van der Waals surface area contributed by atoms with Crippen molar-refractivity contribution in [3.8, 4) is 0 Å². The topological polar surface area (TPSA) is 0 Å². The second kappa shape index (κ2) is 4.18. The monoisotopic (exact) mass is 206 g/mol. The Balaban J connectivity index is 3.23. The molecule has 0 unspecified atom stereocenters. The van der Waals surface area contributed by atoms with E-state index >= 15 is 0 Å². The molecule has 0 heterocycles. The quantitative estimate of drug-likeness (QED) is 0.632. The number of benzene rings is 1. The van der Waals surface area contributed by atoms with Gasteiger partial charge in [0.2, 0.25) is 0 Å². The summed E-state index contributed by atoms with van der Waals surface area (Å²) in [5, 5.41) is 0. The van der Waals surface area contributed by atoms with Crippen molar-refractivity contribution >= 4 is 6.08 Å². The van der Waals surface area contributed by atoms with Gasteiger partial charge in [-0.25, -0.2) is 4.39 Å². The van der Waals surface area contributed by atoms with Gasteiger partial charge in [0.15, 0.2) is 0 Å². The molecule has 1 heteroatoms. The maximum absolute atomic E-state index is 13.4. The van der Waals surface area contributed by atoms with Gasteiger partial charge in [-0.05, 0) is 42.5 Å². The van der Waals surface area contributed by atoms with Gasteiger partial charge in [0.25, 0.3) is 0 Å². The first kappa shape index (κ1) is 12.0. The standard InChI is InChI=1S/C14H19F/c1-10(2)6-11-7-12(14(3,4)5)9-13(15)8-11/h6-9H,1-5H3. The first-order valence-corrected chi connectivity index (χ1v) is 5.25. The second-order valence-corrected chi connectivity index (χ2v) is 5.24. The average molecular weight is 206 g/mol. The maximum atomic E-state index is 13.4. The zero-order valence-electron chi connectivity index (χ0n) is 10.2. The molecule has 1 rings (SSSR count). The summed E-state index contributed by atoms with van der Waals surface area (Å²) in [5.41, 5.74) is 3.15. The van der Waals surface area contributed by atoms with Crippen LogP contribution in [-0.2, 0) is 5.41 Å². The highest BCUT2D eigenvalue weighted by molar-refractivity contribution is 5.53. The van der Waals surface area contributed by atoms with Crippen LogP contribution in [0.15, 0.2) is 23.8 Å². The maximum Gasteiger partial charge on any atom is 0.124 e. The fourth-order valence-electron chi connectivity index (χ4n) is 1.46. The van der Waals surface area contributed by atoms with Crippen molar-refractivity contribution in [1.29, 1.82) is 0 Å². The minimum Gasteiger partial charge on any atom is -0.207 e. The zero-order chi connectivity index (χ0) is 11.6. The third-order valence-electron chi connectivity index (χ3n) is 2.24. The van der Waals surface area contributed by atoms with E-state index in [0.717, 1.165) is 11.1 Å². The molecule has 0 aromatic heterocycles. The van der Waals surface area contributed by atoms with Crippen molar-refractivity contribution in [2.24, 2.45) is 0 Å². The lowest BCUT2D eigenvalue weighted by Gasteiger charge is -2.19. The Morgan fingerprint density at radius 3 is 2.20 bits per heavy atom. The summed E-state index contributed by atoms with van der Waals surface area (Å²) in [6.45, 7) is 10.3. The summed E-state index contributed by atoms with van der Waals surface area (Å²) in [4.78, 5) is 0. The van der Waals surface area contributed by atoms with Crippen LogP contribution in [0.2, 0.25) is 0 Å². The molecule has 0 saturated heterocycles. The molecule has 15 heavy (non-hydrogen) atoms. The molecule has 0 saturated carbocycles. The van der Waals surface area contributed by atoms with Gasteiger partial charge in [-0.2, -0.15) is 0 Å². The SMILES string of the molecule is CC(C)=Cc1cc(F)cc(C(C)(C)C)c1. The van der Waals surface area contributed by atoms with Crippen molar-refractivity contribution in [2.75, 3.05) is 0 Å². The van der Waals surface area contributed by atoms with E-state index in [-0.39, 0.29) is 11.2 Å². The number of hydrogen-bond acceptors (Lipinski definition) is 0. The van der Waals surface area contributed by atoms with Crippen molar-refractivity contribution in [3.05, 3.63) is 40.7 Å². The van der Waals surface area contributed by atoms with E-state index in [1.165, 1.54) is 5.57 Å². The van der Waals surface area contributed by atoms with E-state index in [0.29, 0.717) is 0 Å². The Morgan fingerprint density at radius 2 is 1.73 bits per heavy atom. The van der Waals surface area contributed by atoms with Crippen LogP contribution < -0.4 is 0 Å². The molecule has 0 bridgehead atoms. The predicted molar refractivity (Wildman–Crippen MR) is 64.4 cm³/mol. The number of rotatable bonds is 1. The Kier molecular flexibility index (Phi) is 3.33. The van der Waals surface area contributed by atoms with Gasteiger partial charge >= 0.3 is 0 Å². The highest BCUT2D eigenvalue weighted by atomic mass is 19.1. The van der Waals surface area contributed by atoms with Crippen LogP contribution in [0.4, 0.5) is 4.39 Å². The zero-order valence-corrected chi connectivity index (χ0v) is 10.2. The lowest BCUT2D eigenvalue weighted by Crippen LogP contribution is -2.11. The molecule has 1 aromatic rings. The Labute approximate surface area is 91.8 Å². The van der Waals surface area contributed by atoms with E-state index in [4.69, 9.17) is 0 Å². The van der Waals surface area contributed by atoms with Gasteiger partial charge in [0.05, 0.1) is 0 Å². The molecule has 0 aliphatic rings. The van der Waals surface area contributed by atoms with Gasteiger partial charge in [-0.15, -0.1) is 0 Å². The lowest BCUT2D eigenvalue weighted by molar-refractivity contribution is 0.572. The van der Waals surface area contributed by atoms with Crippen LogP contribution in [0.1, 0.15) is 45.7 Å². The molecular formula is C14H19F. The molecule has 0 aliphatic heterocycles. The summed E-state index contributed by atoms with van der Waals surface area (Å²) in [5.74, 6) is -0.157. The number of allylic oxidation sites excluding steroid dienone is 1. The van der Waals surface area contributed by atoms with Crippen molar-refractivity contribution in [2.45, 2.75) is 40.0 Å². The number of hydrogen-bond donors (Lipinski definition) is 0. The normalized spacial score (nSPS) is 11.3. The molecule has 0 N–H and O–H groups in total. The molecule has 0 amide bonds. The molecule has 0 atom stereocenters. The number of halogens is 1. The third-order valence-corrected chi connectivity index (χ3v) is 2.24. The Morgan fingerprint density at radius 1 is 1.13 bits per heavy atom. The largest absolute Gasteiger partial charge is 0.207 e. The highest BCUT2D eigenvalue weighted by Crippen LogP contribution is 2.24. The van der Waals surface area contributed by atoms with Gasteiger partial charge in [0.1, 0.15) is 5.82 Å². The van der Waals surface area contributed by atoms with Crippen LogP contribution in [0.5, 0.6) is 0 Å². The minimum absolute atomic E-state index is 0.00760. The van der Waals surface area contributed by atoms with Crippen LogP contribution >= 0.6 is 0 Å². The summed E-state index contributed by atoms with van der Waals surface area (Å²) in [6, 6.07) is 5.24. The van der Waals surface area contributed by atoms with E-state index in [1.807, 2.05) is 19.9 Å². The smallest absolute Gasteiger partial charge is 0.124 e. The Hall–Kier alpha value is -1.11. The first-order chi connectivity index (χ1) is 6.79. The minimum atomic E-state index is -0.157. The Bertz CT molecular complexity index is 377. The fourth-order valence-corrected chi connectivity index (χ4v) is 1.46. The average Bonchev–Trinajstić information content (AvgIpc) is 1.99. The van der Waals surface area contributed by atoms with E-state index in [2.05, 4.69) is 26.8 Å². The van der Waals surface area contributed by atoms with Crippen molar-refractivity contribution in [1.82, 2.24) is 0 Å². The van der Waals surface area contributed by atoms with Gasteiger partial charge in [-0.3, -0.25) is 0 Å². The molecule has 0 radical (unpaired) electrons. The van der Waals surface area contributed by atoms with E-state index in [9.17, 15) is 4.39 Å². The van der Waals surface area contributed by atoms with Crippen LogP contribution in [0, 0.1) is 5.82 Å². The van der Waals surface area contributed by atoms with Crippen LogP contribution in [0.25, 0.3) is 6.08 Å². The molecule has 1 aromatic carbocycles. The second-order valence-electron chi connectivity index (χ2n) is 5.24. The molecule has 0 spiro atoms. The molecule has 0 aliphatic carbocycles. The van der Waals surface area contributed by atoms with Crippen LogP contribution in [0.3, 0.4) is 0 Å². The summed E-state index contributed by atoms with van der Waals surface area (Å²) in [7, 11) is 0. The fraction of sp³-hybridized carbons (Fsp3) is 0.429. The van der Waals surface area contributed by atoms with E-state index < -0.39 is 0 Å². The molecule has 0 fully saturated rings. The van der Waals surface area contributed by atoms with Crippen molar-refractivity contribution in [3.63, 3.8) is 0 Å². The molecule has 82 valence electrons. The van der Waals surface area contributed by atoms with Crippen LogP contribution in [-0.4, -0.2) is 0 Å². The molecular weight excluding hydrogens is 187 g/mol. The van der Waals surface area contributed by atoms with Gasteiger partial charge in [0, 0.05) is 0 Å². The van der Waals surface area contributed by atoms with Gasteiger partial charge < -0.3 is 0 Å². The van der Waals surface area contributed by atoms with Gasteiger partial charge in [-0.1, -0.05) is 38.5 Å². The third kappa shape index (κ3) is 3.50. The first-order valence-electron chi connectivity index (χ1n) is 5.25. The highest BCUT2D eigenvalue weighted by Gasteiger charge is 2.14. The van der Waals surface area contributed by atoms with E-state index in [1.54, 1.807) is 12.1 Å². The lowest BCUT2D eigenvalue weighted by atomic mass is 9.86. The summed E-state index contributed by atoms with van der Waals surface area (Å²) < 4.78 is 13.4. The predicted octanol–water partition coefficient (Wildman–Crippen LogP) is 4.55. The summed E-state index contributed by atoms with van der Waals surface area (Å²) in [6.07, 6.45) is 2.00. The molecule has 0 nitrogen and oxygen atoms in total. The summed E-state index contributed by atoms with van der Waals surface area (Å²) >= 11 is 0.